The van der Waals surface area contributed by atoms with Gasteiger partial charge < -0.3 is 8.37 Å². The minimum atomic E-state index is -4.19. The maximum atomic E-state index is 11.1. The highest BCUT2D eigenvalue weighted by molar-refractivity contribution is 7.89. The van der Waals surface area contributed by atoms with Gasteiger partial charge in [0.1, 0.15) is 11.5 Å². The van der Waals surface area contributed by atoms with Crippen LogP contribution in [0.1, 0.15) is 0 Å². The monoisotopic (exact) mass is 256 g/mol. The maximum Gasteiger partial charge on any atom is 0.341 e. The molecule has 2 aliphatic heterocycles. The molecular weight excluding hydrogens is 252 g/mol. The van der Waals surface area contributed by atoms with Crippen molar-refractivity contribution in [1.82, 2.24) is 0 Å². The van der Waals surface area contributed by atoms with Crippen LogP contribution in [0, 0.1) is 5.41 Å². The van der Waals surface area contributed by atoms with Crippen LogP contribution in [-0.4, -0.2) is 40.3 Å². The van der Waals surface area contributed by atoms with E-state index >= 15 is 0 Å². The summed E-state index contributed by atoms with van der Waals surface area (Å²) < 4.78 is 51.5. The Kier molecular flexibility index (Phi) is 1.73. The summed E-state index contributed by atoms with van der Waals surface area (Å²) in [4.78, 5) is 22.3. The van der Waals surface area contributed by atoms with E-state index in [2.05, 4.69) is 8.37 Å². The fraction of sp³-hybridized carbons (Fsp3) is 0.600. The number of rotatable bonds is 0. The second kappa shape index (κ2) is 2.50. The third-order valence-electron chi connectivity index (χ3n) is 2.03. The van der Waals surface area contributed by atoms with Crippen molar-refractivity contribution in [2.75, 3.05) is 11.5 Å². The van der Waals surface area contributed by atoms with Gasteiger partial charge in [-0.05, 0) is 0 Å². The zero-order chi connectivity index (χ0) is 11.5. The molecule has 2 heterocycles. The van der Waals surface area contributed by atoms with E-state index in [1.54, 1.807) is 0 Å². The van der Waals surface area contributed by atoms with Gasteiger partial charge >= 0.3 is 32.2 Å². The summed E-state index contributed by atoms with van der Waals surface area (Å²) in [6, 6.07) is 0. The Bertz CT molecular complexity index is 500. The van der Waals surface area contributed by atoms with Crippen LogP contribution in [0.3, 0.4) is 0 Å². The molecular formula is C5H4O8S2. The fourth-order valence-electron chi connectivity index (χ4n) is 1.41. The molecule has 0 unspecified atom stereocenters. The van der Waals surface area contributed by atoms with Crippen molar-refractivity contribution >= 4 is 32.2 Å². The number of carbonyl (C=O) groups excluding carboxylic acids is 2. The van der Waals surface area contributed by atoms with E-state index in [1.807, 2.05) is 0 Å². The van der Waals surface area contributed by atoms with E-state index in [9.17, 15) is 26.4 Å². The minimum absolute atomic E-state index is 0.989. The lowest BCUT2D eigenvalue weighted by Crippen LogP contribution is -2.37. The van der Waals surface area contributed by atoms with E-state index in [0.717, 1.165) is 0 Å². The van der Waals surface area contributed by atoms with E-state index in [-0.39, 0.29) is 0 Å². The van der Waals surface area contributed by atoms with Gasteiger partial charge in [-0.25, -0.2) is 9.59 Å². The molecule has 2 rings (SSSR count). The normalized spacial score (nSPS) is 30.1. The first-order chi connectivity index (χ1) is 6.67. The van der Waals surface area contributed by atoms with Gasteiger partial charge in [0, 0.05) is 0 Å². The van der Waals surface area contributed by atoms with Crippen molar-refractivity contribution in [3.05, 3.63) is 0 Å². The Morgan fingerprint density at radius 1 is 0.867 bits per heavy atom. The molecule has 0 bridgehead atoms. The van der Waals surface area contributed by atoms with Gasteiger partial charge in [-0.1, -0.05) is 0 Å². The summed E-state index contributed by atoms with van der Waals surface area (Å²) in [6.07, 6.45) is 0. The van der Waals surface area contributed by atoms with E-state index < -0.39 is 49.1 Å². The second-order valence-electron chi connectivity index (χ2n) is 3.23. The van der Waals surface area contributed by atoms with Gasteiger partial charge in [-0.3, -0.25) is 0 Å². The van der Waals surface area contributed by atoms with Crippen molar-refractivity contribution in [3.63, 3.8) is 0 Å². The van der Waals surface area contributed by atoms with Crippen LogP contribution < -0.4 is 0 Å². The van der Waals surface area contributed by atoms with Crippen LogP contribution in [0.25, 0.3) is 0 Å². The van der Waals surface area contributed by atoms with Crippen LogP contribution in [0.4, 0.5) is 0 Å². The maximum absolute atomic E-state index is 11.1. The lowest BCUT2D eigenvalue weighted by molar-refractivity contribution is -0.152. The van der Waals surface area contributed by atoms with Crippen LogP contribution in [0.2, 0.25) is 0 Å². The lowest BCUT2D eigenvalue weighted by atomic mass is 9.94. The third-order valence-corrected chi connectivity index (χ3v) is 4.54. The summed E-state index contributed by atoms with van der Waals surface area (Å²) in [7, 11) is -8.37. The Balaban J connectivity index is 2.55. The lowest BCUT2D eigenvalue weighted by Gasteiger charge is -2.05. The average Bonchev–Trinajstić information content (AvgIpc) is 2.31. The molecule has 0 radical (unpaired) electrons. The smallest absolute Gasteiger partial charge is 0.341 e. The summed E-state index contributed by atoms with van der Waals surface area (Å²) >= 11 is 0. The summed E-state index contributed by atoms with van der Waals surface area (Å²) in [6.45, 7) is 0. The topological polar surface area (TPSA) is 121 Å². The molecule has 0 aromatic rings. The molecule has 10 heteroatoms. The second-order valence-corrected chi connectivity index (χ2v) is 6.37. The van der Waals surface area contributed by atoms with Crippen molar-refractivity contribution in [3.8, 4) is 0 Å². The van der Waals surface area contributed by atoms with Crippen molar-refractivity contribution in [1.29, 1.82) is 0 Å². The highest BCUT2D eigenvalue weighted by atomic mass is 32.2. The van der Waals surface area contributed by atoms with Gasteiger partial charge in [0.25, 0.3) is 0 Å². The summed E-state index contributed by atoms with van der Waals surface area (Å²) in [5.41, 5.74) is -2.22. The molecule has 0 N–H and O–H groups in total. The Labute approximate surface area is 84.4 Å². The van der Waals surface area contributed by atoms with Crippen molar-refractivity contribution in [2.45, 2.75) is 0 Å². The molecule has 15 heavy (non-hydrogen) atoms. The first-order valence-corrected chi connectivity index (χ1v) is 6.76. The number of hydrogen-bond acceptors (Lipinski definition) is 8. The molecule has 8 nitrogen and oxygen atoms in total. The van der Waals surface area contributed by atoms with Crippen LogP contribution in [0.5, 0.6) is 0 Å². The zero-order valence-corrected chi connectivity index (χ0v) is 8.63. The SMILES string of the molecule is O=C1OS(=O)(=O)CC12CS(=O)(=O)OC2=O. The summed E-state index contributed by atoms with van der Waals surface area (Å²) in [5.74, 6) is -4.77. The standard InChI is InChI=1S/C5H4O8S2/c6-3-5(1-14(8,9)12-3)2-15(10,11)13-4(5)7/h1-2H2. The molecule has 2 fully saturated rings. The molecule has 84 valence electrons. The van der Waals surface area contributed by atoms with Crippen LogP contribution in [-0.2, 0) is 38.2 Å². The highest BCUT2D eigenvalue weighted by Crippen LogP contribution is 2.38. The minimum Gasteiger partial charge on any atom is -0.344 e. The fourth-order valence-corrected chi connectivity index (χ4v) is 4.32. The molecule has 0 aromatic carbocycles. The van der Waals surface area contributed by atoms with Gasteiger partial charge in [0.05, 0.1) is 0 Å². The van der Waals surface area contributed by atoms with Crippen LogP contribution in [0.15, 0.2) is 0 Å². The Hall–Kier alpha value is -1.16. The van der Waals surface area contributed by atoms with E-state index in [4.69, 9.17) is 0 Å². The molecule has 1 spiro atoms. The van der Waals surface area contributed by atoms with Crippen molar-refractivity contribution < 1.29 is 34.8 Å². The third kappa shape index (κ3) is 1.40. The highest BCUT2D eigenvalue weighted by Gasteiger charge is 2.66. The average molecular weight is 256 g/mol. The first-order valence-electron chi connectivity index (χ1n) is 3.60. The quantitative estimate of drug-likeness (QED) is 0.352. The number of carbonyl (C=O) groups is 2. The number of hydrogen-bond donors (Lipinski definition) is 0. The Morgan fingerprint density at radius 3 is 1.40 bits per heavy atom. The summed E-state index contributed by atoms with van der Waals surface area (Å²) in [5, 5.41) is 0. The molecule has 0 aromatic heterocycles. The van der Waals surface area contributed by atoms with Gasteiger partial charge in [-0.2, -0.15) is 16.8 Å². The van der Waals surface area contributed by atoms with Gasteiger partial charge in [0.15, 0.2) is 0 Å². The van der Waals surface area contributed by atoms with Crippen molar-refractivity contribution in [2.24, 2.45) is 5.41 Å². The largest absolute Gasteiger partial charge is 0.344 e. The zero-order valence-electron chi connectivity index (χ0n) is 7.00. The molecule has 0 saturated carbocycles. The molecule has 0 amide bonds. The predicted octanol–water partition coefficient (Wildman–Crippen LogP) is -2.25. The first kappa shape index (κ1) is 10.4. The molecule has 2 saturated heterocycles. The van der Waals surface area contributed by atoms with E-state index in [0.29, 0.717) is 0 Å². The van der Waals surface area contributed by atoms with Crippen LogP contribution >= 0.6 is 0 Å². The predicted molar refractivity (Wildman–Crippen MR) is 42.2 cm³/mol. The molecule has 2 aliphatic rings. The van der Waals surface area contributed by atoms with Gasteiger partial charge in [0.2, 0.25) is 5.41 Å². The molecule has 0 atom stereocenters. The van der Waals surface area contributed by atoms with Gasteiger partial charge in [-0.15, -0.1) is 0 Å². The van der Waals surface area contributed by atoms with E-state index in [1.165, 1.54) is 0 Å². The Morgan fingerprint density at radius 2 is 1.20 bits per heavy atom. The molecule has 0 aliphatic carbocycles.